The molecule has 2 aromatic rings. The average Bonchev–Trinajstić information content (AvgIpc) is 2.93. The van der Waals surface area contributed by atoms with Gasteiger partial charge in [0.25, 0.3) is 0 Å². The molecule has 0 saturated carbocycles. The second kappa shape index (κ2) is 6.16. The van der Waals surface area contributed by atoms with Gasteiger partial charge < -0.3 is 9.73 Å². The third-order valence-electron chi connectivity index (χ3n) is 2.94. The van der Waals surface area contributed by atoms with Crippen LogP contribution < -0.4 is 5.32 Å². The maximum atomic E-state index is 5.62. The summed E-state index contributed by atoms with van der Waals surface area (Å²) in [5.74, 6) is 1.04. The molecule has 4 heteroatoms. The zero-order valence-corrected chi connectivity index (χ0v) is 12.0. The Morgan fingerprint density at radius 3 is 2.83 bits per heavy atom. The minimum Gasteiger partial charge on any atom is -0.467 e. The SMILES string of the molecule is CCCNC(Cc1csc(C)n1)c1occc1C. The molecular formula is C14H20N2OS. The van der Waals surface area contributed by atoms with Crippen LogP contribution in [0.5, 0.6) is 0 Å². The second-order valence-corrected chi connectivity index (χ2v) is 5.60. The van der Waals surface area contributed by atoms with Crippen LogP contribution in [0.3, 0.4) is 0 Å². The van der Waals surface area contributed by atoms with Crippen molar-refractivity contribution in [3.05, 3.63) is 39.7 Å². The maximum Gasteiger partial charge on any atom is 0.123 e. The highest BCUT2D eigenvalue weighted by molar-refractivity contribution is 7.09. The molecule has 3 nitrogen and oxygen atoms in total. The van der Waals surface area contributed by atoms with Crippen molar-refractivity contribution in [2.24, 2.45) is 0 Å². The van der Waals surface area contributed by atoms with E-state index in [1.54, 1.807) is 17.6 Å². The summed E-state index contributed by atoms with van der Waals surface area (Å²) in [6, 6.07) is 2.24. The van der Waals surface area contributed by atoms with E-state index < -0.39 is 0 Å². The van der Waals surface area contributed by atoms with Gasteiger partial charge in [0.15, 0.2) is 0 Å². The lowest BCUT2D eigenvalue weighted by Crippen LogP contribution is -2.24. The number of rotatable bonds is 6. The Morgan fingerprint density at radius 2 is 2.28 bits per heavy atom. The second-order valence-electron chi connectivity index (χ2n) is 4.54. The van der Waals surface area contributed by atoms with E-state index in [1.165, 1.54) is 5.56 Å². The first-order valence-electron chi connectivity index (χ1n) is 6.39. The quantitative estimate of drug-likeness (QED) is 0.865. The molecule has 2 aromatic heterocycles. The van der Waals surface area contributed by atoms with Crippen LogP contribution in [0.4, 0.5) is 0 Å². The van der Waals surface area contributed by atoms with Crippen LogP contribution in [0.1, 0.15) is 41.4 Å². The van der Waals surface area contributed by atoms with Crippen molar-refractivity contribution < 1.29 is 4.42 Å². The normalized spacial score (nSPS) is 12.8. The van der Waals surface area contributed by atoms with E-state index in [1.807, 2.05) is 13.0 Å². The number of aryl methyl sites for hydroxylation is 2. The lowest BCUT2D eigenvalue weighted by atomic mass is 10.1. The summed E-state index contributed by atoms with van der Waals surface area (Å²) in [6.07, 6.45) is 3.77. The molecule has 0 fully saturated rings. The summed E-state index contributed by atoms with van der Waals surface area (Å²) in [5, 5.41) is 6.80. The maximum absolute atomic E-state index is 5.62. The monoisotopic (exact) mass is 264 g/mol. The molecule has 0 spiro atoms. The molecule has 0 bridgehead atoms. The zero-order chi connectivity index (χ0) is 13.0. The Bertz CT molecular complexity index is 489. The van der Waals surface area contributed by atoms with Gasteiger partial charge in [-0.15, -0.1) is 11.3 Å². The molecule has 0 aliphatic rings. The third-order valence-corrected chi connectivity index (χ3v) is 3.76. The van der Waals surface area contributed by atoms with E-state index >= 15 is 0 Å². The van der Waals surface area contributed by atoms with Gasteiger partial charge in [-0.3, -0.25) is 0 Å². The van der Waals surface area contributed by atoms with Crippen LogP contribution >= 0.6 is 11.3 Å². The summed E-state index contributed by atoms with van der Waals surface area (Å²) in [5.41, 5.74) is 2.34. The molecule has 0 aliphatic heterocycles. The lowest BCUT2D eigenvalue weighted by Gasteiger charge is -2.16. The van der Waals surface area contributed by atoms with Gasteiger partial charge in [-0.25, -0.2) is 4.98 Å². The van der Waals surface area contributed by atoms with E-state index in [9.17, 15) is 0 Å². The first-order chi connectivity index (χ1) is 8.70. The number of aromatic nitrogens is 1. The molecule has 1 N–H and O–H groups in total. The fourth-order valence-electron chi connectivity index (χ4n) is 2.03. The predicted molar refractivity (Wildman–Crippen MR) is 75.0 cm³/mol. The van der Waals surface area contributed by atoms with Crippen molar-refractivity contribution in [3.8, 4) is 0 Å². The topological polar surface area (TPSA) is 38.1 Å². The standard InChI is InChI=1S/C14H20N2OS/c1-4-6-15-13(14-10(2)5-7-17-14)8-12-9-18-11(3)16-12/h5,7,9,13,15H,4,6,8H2,1-3H3. The van der Waals surface area contributed by atoms with Gasteiger partial charge in [0.1, 0.15) is 5.76 Å². The molecule has 1 atom stereocenters. The first kappa shape index (κ1) is 13.3. The van der Waals surface area contributed by atoms with Gasteiger partial charge in [-0.2, -0.15) is 0 Å². The van der Waals surface area contributed by atoms with E-state index in [2.05, 4.69) is 29.5 Å². The van der Waals surface area contributed by atoms with E-state index in [0.29, 0.717) is 0 Å². The van der Waals surface area contributed by atoms with Gasteiger partial charge in [0.2, 0.25) is 0 Å². The number of hydrogen-bond donors (Lipinski definition) is 1. The molecule has 18 heavy (non-hydrogen) atoms. The summed E-state index contributed by atoms with van der Waals surface area (Å²) in [4.78, 5) is 4.53. The van der Waals surface area contributed by atoms with Crippen molar-refractivity contribution in [1.82, 2.24) is 10.3 Å². The van der Waals surface area contributed by atoms with Gasteiger partial charge in [0, 0.05) is 11.8 Å². The third kappa shape index (κ3) is 3.21. The minimum absolute atomic E-state index is 0.224. The van der Waals surface area contributed by atoms with Crippen LogP contribution in [0, 0.1) is 13.8 Å². The van der Waals surface area contributed by atoms with Crippen molar-refractivity contribution in [1.29, 1.82) is 0 Å². The van der Waals surface area contributed by atoms with Gasteiger partial charge in [-0.1, -0.05) is 6.92 Å². The molecule has 0 aliphatic carbocycles. The molecule has 0 amide bonds. The predicted octanol–water partition coefficient (Wildman–Crippen LogP) is 3.64. The molecule has 98 valence electrons. The van der Waals surface area contributed by atoms with Crippen LogP contribution in [-0.2, 0) is 6.42 Å². The summed E-state index contributed by atoms with van der Waals surface area (Å²) in [7, 11) is 0. The number of hydrogen-bond acceptors (Lipinski definition) is 4. The van der Waals surface area contributed by atoms with Gasteiger partial charge in [0.05, 0.1) is 23.0 Å². The highest BCUT2D eigenvalue weighted by Crippen LogP contribution is 2.23. The molecule has 0 radical (unpaired) electrons. The largest absolute Gasteiger partial charge is 0.467 e. The Hall–Kier alpha value is -1.13. The number of thiazole rings is 1. The van der Waals surface area contributed by atoms with Crippen LogP contribution in [0.25, 0.3) is 0 Å². The van der Waals surface area contributed by atoms with Gasteiger partial charge in [-0.05, 0) is 38.4 Å². The Kier molecular flexibility index (Phi) is 4.55. The lowest BCUT2D eigenvalue weighted by molar-refractivity contribution is 0.406. The minimum atomic E-state index is 0.224. The highest BCUT2D eigenvalue weighted by atomic mass is 32.1. The average molecular weight is 264 g/mol. The fourth-order valence-corrected chi connectivity index (χ4v) is 2.65. The molecule has 1 unspecified atom stereocenters. The zero-order valence-electron chi connectivity index (χ0n) is 11.2. The van der Waals surface area contributed by atoms with E-state index in [0.717, 1.165) is 35.8 Å². The van der Waals surface area contributed by atoms with Crippen LogP contribution in [0.15, 0.2) is 22.1 Å². The summed E-state index contributed by atoms with van der Waals surface area (Å²) in [6.45, 7) is 7.30. The first-order valence-corrected chi connectivity index (χ1v) is 7.27. The van der Waals surface area contributed by atoms with Crippen molar-refractivity contribution in [2.75, 3.05) is 6.54 Å². The number of furan rings is 1. The van der Waals surface area contributed by atoms with Crippen molar-refractivity contribution in [3.63, 3.8) is 0 Å². The molecule has 0 aromatic carbocycles. The van der Waals surface area contributed by atoms with Crippen molar-refractivity contribution >= 4 is 11.3 Å². The molecule has 2 heterocycles. The fraction of sp³-hybridized carbons (Fsp3) is 0.500. The Balaban J connectivity index is 2.12. The van der Waals surface area contributed by atoms with E-state index in [4.69, 9.17) is 4.42 Å². The van der Waals surface area contributed by atoms with Crippen LogP contribution in [-0.4, -0.2) is 11.5 Å². The number of nitrogens with one attached hydrogen (secondary N) is 1. The Labute approximate surface area is 112 Å². The smallest absolute Gasteiger partial charge is 0.123 e. The molecule has 0 saturated heterocycles. The van der Waals surface area contributed by atoms with Gasteiger partial charge >= 0.3 is 0 Å². The Morgan fingerprint density at radius 1 is 1.44 bits per heavy atom. The summed E-state index contributed by atoms with van der Waals surface area (Å²) < 4.78 is 5.62. The summed E-state index contributed by atoms with van der Waals surface area (Å²) >= 11 is 1.70. The number of nitrogens with zero attached hydrogens (tertiary/aromatic N) is 1. The molecule has 2 rings (SSSR count). The van der Waals surface area contributed by atoms with Crippen LogP contribution in [0.2, 0.25) is 0 Å². The molecular weight excluding hydrogens is 244 g/mol. The van der Waals surface area contributed by atoms with E-state index in [-0.39, 0.29) is 6.04 Å². The highest BCUT2D eigenvalue weighted by Gasteiger charge is 2.18. The van der Waals surface area contributed by atoms with Crippen molar-refractivity contribution in [2.45, 2.75) is 39.7 Å².